The van der Waals surface area contributed by atoms with E-state index in [1.165, 1.54) is 0 Å². The van der Waals surface area contributed by atoms with Crippen molar-refractivity contribution in [1.29, 1.82) is 5.26 Å². The Morgan fingerprint density at radius 1 is 1.12 bits per heavy atom. The van der Waals surface area contributed by atoms with Crippen LogP contribution in [0.2, 0.25) is 0 Å². The van der Waals surface area contributed by atoms with E-state index in [0.717, 1.165) is 11.1 Å². The summed E-state index contributed by atoms with van der Waals surface area (Å²) in [6.07, 6.45) is 0. The molecule has 0 saturated heterocycles. The van der Waals surface area contributed by atoms with Gasteiger partial charge >= 0.3 is 0 Å². The molecule has 2 aliphatic rings. The Morgan fingerprint density at radius 3 is 2.42 bits per heavy atom. The van der Waals surface area contributed by atoms with Gasteiger partial charge in [0.2, 0.25) is 11.8 Å². The predicted octanol–water partition coefficient (Wildman–Crippen LogP) is 3.40. The molecular weight excluding hydrogens is 324 g/mol. The summed E-state index contributed by atoms with van der Waals surface area (Å²) in [4.78, 5) is 0. The molecule has 0 amide bonds. The smallest absolute Gasteiger partial charge is 0.220 e. The number of benzene rings is 2. The fourth-order valence-corrected chi connectivity index (χ4v) is 3.99. The number of nitrogens with zero attached hydrogens (tertiary/aromatic N) is 2. The molecule has 0 aliphatic carbocycles. The van der Waals surface area contributed by atoms with Crippen LogP contribution in [0.5, 0.6) is 0 Å². The Bertz CT molecular complexity index is 899. The SMILES string of the molecule is C[C@H](c1ccccc1)[C@H]1C(C#N)=C(N)OC2=NN[C@@H](c3ccccc3)[C@H]21. The number of fused-ring (bicyclic) bond motifs is 1. The molecule has 0 unspecified atom stereocenters. The van der Waals surface area contributed by atoms with Crippen LogP contribution in [0, 0.1) is 23.2 Å². The highest BCUT2D eigenvalue weighted by Gasteiger charge is 2.48. The fourth-order valence-electron chi connectivity index (χ4n) is 3.99. The van der Waals surface area contributed by atoms with Crippen molar-refractivity contribution in [3.8, 4) is 6.07 Å². The van der Waals surface area contributed by atoms with E-state index in [2.05, 4.69) is 47.8 Å². The predicted molar refractivity (Wildman–Crippen MR) is 99.5 cm³/mol. The van der Waals surface area contributed by atoms with Gasteiger partial charge in [0.05, 0.1) is 17.5 Å². The molecule has 0 aromatic heterocycles. The first-order chi connectivity index (χ1) is 12.7. The standard InChI is InChI=1S/C21H20N4O/c1-13(14-8-4-2-5-9-14)17-16(12-22)20(23)26-21-18(17)19(24-25-21)15-10-6-3-7-11-15/h2-11,13,17-19,24H,23H2,1H3/t13-,17+,18-,19+/m1/s1. The van der Waals surface area contributed by atoms with Crippen molar-refractivity contribution >= 4 is 5.90 Å². The number of rotatable bonds is 3. The third kappa shape index (κ3) is 2.60. The highest BCUT2D eigenvalue weighted by atomic mass is 16.5. The second kappa shape index (κ2) is 6.57. The first kappa shape index (κ1) is 16.2. The molecule has 2 aromatic carbocycles. The lowest BCUT2D eigenvalue weighted by Crippen LogP contribution is -2.39. The monoisotopic (exact) mass is 344 g/mol. The number of nitrogens with one attached hydrogen (secondary N) is 1. The average Bonchev–Trinajstić information content (AvgIpc) is 3.11. The average molecular weight is 344 g/mol. The maximum Gasteiger partial charge on any atom is 0.220 e. The van der Waals surface area contributed by atoms with Gasteiger partial charge in [0.25, 0.3) is 0 Å². The van der Waals surface area contributed by atoms with Crippen LogP contribution in [0.25, 0.3) is 0 Å². The quantitative estimate of drug-likeness (QED) is 0.894. The summed E-state index contributed by atoms with van der Waals surface area (Å²) >= 11 is 0. The van der Waals surface area contributed by atoms with Crippen LogP contribution in [-0.4, -0.2) is 5.90 Å². The summed E-state index contributed by atoms with van der Waals surface area (Å²) in [5, 5.41) is 14.2. The van der Waals surface area contributed by atoms with Crippen LogP contribution in [0.1, 0.15) is 30.0 Å². The summed E-state index contributed by atoms with van der Waals surface area (Å²) < 4.78 is 5.70. The van der Waals surface area contributed by atoms with Crippen molar-refractivity contribution in [2.24, 2.45) is 22.7 Å². The molecule has 26 heavy (non-hydrogen) atoms. The lowest BCUT2D eigenvalue weighted by atomic mass is 9.70. The number of ether oxygens (including phenoxy) is 1. The summed E-state index contributed by atoms with van der Waals surface area (Å²) in [6, 6.07) is 22.5. The van der Waals surface area contributed by atoms with Gasteiger partial charge in [-0.15, -0.1) is 5.10 Å². The number of hydrogen-bond acceptors (Lipinski definition) is 5. The molecule has 130 valence electrons. The molecule has 0 bridgehead atoms. The molecule has 2 aliphatic heterocycles. The zero-order valence-corrected chi connectivity index (χ0v) is 14.5. The van der Waals surface area contributed by atoms with Gasteiger partial charge in [0.1, 0.15) is 6.07 Å². The maximum atomic E-state index is 9.78. The topological polar surface area (TPSA) is 83.4 Å². The lowest BCUT2D eigenvalue weighted by molar-refractivity contribution is 0.264. The van der Waals surface area contributed by atoms with Crippen molar-refractivity contribution in [3.63, 3.8) is 0 Å². The van der Waals surface area contributed by atoms with Gasteiger partial charge in [0, 0.05) is 5.92 Å². The second-order valence-corrected chi connectivity index (χ2v) is 6.71. The first-order valence-corrected chi connectivity index (χ1v) is 8.71. The van der Waals surface area contributed by atoms with Gasteiger partial charge in [-0.3, -0.25) is 5.43 Å². The molecule has 0 saturated carbocycles. The van der Waals surface area contributed by atoms with Crippen molar-refractivity contribution < 1.29 is 4.74 Å². The number of nitriles is 1. The molecular formula is C21H20N4O. The van der Waals surface area contributed by atoms with Gasteiger partial charge in [-0.2, -0.15) is 5.26 Å². The number of nitrogens with two attached hydrogens (primary N) is 1. The maximum absolute atomic E-state index is 9.78. The van der Waals surface area contributed by atoms with E-state index in [1.54, 1.807) is 0 Å². The third-order valence-corrected chi connectivity index (χ3v) is 5.30. The zero-order valence-electron chi connectivity index (χ0n) is 14.5. The molecule has 3 N–H and O–H groups in total. The molecule has 0 spiro atoms. The molecule has 5 nitrogen and oxygen atoms in total. The molecule has 0 fully saturated rings. The minimum absolute atomic E-state index is 0.0567. The van der Waals surface area contributed by atoms with E-state index in [1.807, 2.05) is 36.4 Å². The van der Waals surface area contributed by atoms with Gasteiger partial charge < -0.3 is 10.5 Å². The van der Waals surface area contributed by atoms with Crippen molar-refractivity contribution in [3.05, 3.63) is 83.2 Å². The van der Waals surface area contributed by atoms with E-state index in [0.29, 0.717) is 11.5 Å². The number of hydrogen-bond donors (Lipinski definition) is 2. The van der Waals surface area contributed by atoms with Crippen molar-refractivity contribution in [2.45, 2.75) is 18.9 Å². The van der Waals surface area contributed by atoms with Crippen LogP contribution < -0.4 is 11.2 Å². The van der Waals surface area contributed by atoms with E-state index < -0.39 is 0 Å². The highest BCUT2D eigenvalue weighted by Crippen LogP contribution is 2.47. The van der Waals surface area contributed by atoms with Crippen LogP contribution >= 0.6 is 0 Å². The van der Waals surface area contributed by atoms with Gasteiger partial charge in [0.15, 0.2) is 0 Å². The highest BCUT2D eigenvalue weighted by molar-refractivity contribution is 5.84. The molecule has 2 heterocycles. The second-order valence-electron chi connectivity index (χ2n) is 6.71. The minimum Gasteiger partial charge on any atom is -0.424 e. The Kier molecular flexibility index (Phi) is 4.10. The van der Waals surface area contributed by atoms with Gasteiger partial charge in [-0.1, -0.05) is 67.6 Å². The Morgan fingerprint density at radius 2 is 1.77 bits per heavy atom. The third-order valence-electron chi connectivity index (χ3n) is 5.30. The van der Waals surface area contributed by atoms with E-state index in [4.69, 9.17) is 10.5 Å². The Hall–Kier alpha value is -3.26. The molecule has 4 rings (SSSR count). The van der Waals surface area contributed by atoms with Crippen molar-refractivity contribution in [1.82, 2.24) is 5.43 Å². The Balaban J connectivity index is 1.80. The number of hydrazone groups is 1. The van der Waals surface area contributed by atoms with Crippen molar-refractivity contribution in [2.75, 3.05) is 0 Å². The fraction of sp³-hybridized carbons (Fsp3) is 0.238. The summed E-state index contributed by atoms with van der Waals surface area (Å²) in [7, 11) is 0. The van der Waals surface area contributed by atoms with E-state index in [9.17, 15) is 5.26 Å². The normalized spacial score (nSPS) is 25.4. The molecule has 4 atom stereocenters. The summed E-state index contributed by atoms with van der Waals surface area (Å²) in [5.74, 6) is 0.605. The number of allylic oxidation sites excluding steroid dienone is 1. The van der Waals surface area contributed by atoms with Gasteiger partial charge in [-0.25, -0.2) is 0 Å². The van der Waals surface area contributed by atoms with E-state index >= 15 is 0 Å². The van der Waals surface area contributed by atoms with Crippen LogP contribution in [0.15, 0.2) is 77.2 Å². The van der Waals surface area contributed by atoms with Gasteiger partial charge in [-0.05, 0) is 17.0 Å². The van der Waals surface area contributed by atoms with Crippen LogP contribution in [0.3, 0.4) is 0 Å². The van der Waals surface area contributed by atoms with Crippen LogP contribution in [-0.2, 0) is 4.74 Å². The first-order valence-electron chi connectivity index (χ1n) is 8.71. The minimum atomic E-state index is -0.116. The Labute approximate surface area is 152 Å². The molecule has 5 heteroatoms. The summed E-state index contributed by atoms with van der Waals surface area (Å²) in [5.41, 5.74) is 12.0. The molecule has 0 radical (unpaired) electrons. The largest absolute Gasteiger partial charge is 0.424 e. The van der Waals surface area contributed by atoms with E-state index in [-0.39, 0.29) is 29.7 Å². The zero-order chi connectivity index (χ0) is 18.1. The molecule has 2 aromatic rings. The van der Waals surface area contributed by atoms with Crippen LogP contribution in [0.4, 0.5) is 0 Å². The summed E-state index contributed by atoms with van der Waals surface area (Å²) in [6.45, 7) is 2.13. The lowest BCUT2D eigenvalue weighted by Gasteiger charge is -2.36.